The maximum absolute atomic E-state index is 12.2. The summed E-state index contributed by atoms with van der Waals surface area (Å²) in [6.07, 6.45) is 1.30. The van der Waals surface area contributed by atoms with Crippen LogP contribution in [0, 0.1) is 0 Å². The van der Waals surface area contributed by atoms with Crippen molar-refractivity contribution in [3.63, 3.8) is 0 Å². The van der Waals surface area contributed by atoms with E-state index in [2.05, 4.69) is 15.3 Å². The number of hydrogen-bond acceptors (Lipinski definition) is 8. The molecule has 8 nitrogen and oxygen atoms in total. The summed E-state index contributed by atoms with van der Waals surface area (Å²) in [6, 6.07) is 16.5. The van der Waals surface area contributed by atoms with Crippen molar-refractivity contribution < 1.29 is 19.1 Å². The van der Waals surface area contributed by atoms with Gasteiger partial charge in [-0.25, -0.2) is 14.8 Å². The van der Waals surface area contributed by atoms with Crippen LogP contribution in [0.5, 0.6) is 11.5 Å². The number of carbonyl (C=O) groups excluding carboxylic acids is 2. The lowest BCUT2D eigenvalue weighted by Crippen LogP contribution is -2.15. The highest BCUT2D eigenvalue weighted by atomic mass is 32.2. The van der Waals surface area contributed by atoms with Crippen LogP contribution in [0.4, 0.5) is 11.5 Å². The molecule has 30 heavy (non-hydrogen) atoms. The molecule has 154 valence electrons. The molecule has 0 aliphatic rings. The van der Waals surface area contributed by atoms with Crippen LogP contribution in [0.25, 0.3) is 0 Å². The number of nitrogen functional groups attached to an aromatic ring is 1. The highest BCUT2D eigenvalue weighted by Gasteiger charge is 2.14. The molecular formula is C21H20N4O4S. The summed E-state index contributed by atoms with van der Waals surface area (Å²) in [6.45, 7) is 1.93. The molecule has 0 spiro atoms. The van der Waals surface area contributed by atoms with Crippen LogP contribution in [-0.2, 0) is 9.53 Å². The number of thioether (sulfide) groups is 1. The fourth-order valence-corrected chi connectivity index (χ4v) is 2.99. The summed E-state index contributed by atoms with van der Waals surface area (Å²) in [5.74, 6) is 0.691. The molecular weight excluding hydrogens is 404 g/mol. The van der Waals surface area contributed by atoms with Crippen LogP contribution in [-0.4, -0.2) is 34.2 Å². The van der Waals surface area contributed by atoms with E-state index in [0.29, 0.717) is 16.6 Å². The lowest BCUT2D eigenvalue weighted by atomic mass is 10.3. The van der Waals surface area contributed by atoms with E-state index >= 15 is 0 Å². The Morgan fingerprint density at radius 2 is 1.77 bits per heavy atom. The molecule has 1 aromatic heterocycles. The van der Waals surface area contributed by atoms with Crippen LogP contribution in [0.1, 0.15) is 17.3 Å². The minimum absolute atomic E-state index is 0.0142. The quantitative estimate of drug-likeness (QED) is 0.319. The van der Waals surface area contributed by atoms with E-state index in [-0.39, 0.29) is 29.6 Å². The van der Waals surface area contributed by atoms with Gasteiger partial charge < -0.3 is 20.5 Å². The number of nitrogens with zero attached hydrogens (tertiary/aromatic N) is 2. The highest BCUT2D eigenvalue weighted by Crippen LogP contribution is 2.23. The Kier molecular flexibility index (Phi) is 7.23. The maximum atomic E-state index is 12.2. The van der Waals surface area contributed by atoms with Gasteiger partial charge in [0.25, 0.3) is 0 Å². The standard InChI is InChI=1S/C21H20N4O4S/c1-2-28-20(27)17-12-23-21(25-19(17)22)30-13-18(26)24-14-8-10-16(11-9-14)29-15-6-4-3-5-7-15/h3-12H,2,13H2,1H3,(H,24,26)(H2,22,23,25). The average Bonchev–Trinajstić information content (AvgIpc) is 2.74. The van der Waals surface area contributed by atoms with Gasteiger partial charge in [-0.05, 0) is 43.3 Å². The fraction of sp³-hybridized carbons (Fsp3) is 0.143. The maximum Gasteiger partial charge on any atom is 0.343 e. The molecule has 0 unspecified atom stereocenters. The predicted octanol–water partition coefficient (Wildman–Crippen LogP) is 3.76. The van der Waals surface area contributed by atoms with Crippen molar-refractivity contribution in [1.29, 1.82) is 0 Å². The fourth-order valence-electron chi connectivity index (χ4n) is 2.37. The molecule has 0 saturated heterocycles. The molecule has 0 saturated carbocycles. The molecule has 2 aromatic carbocycles. The average molecular weight is 424 g/mol. The highest BCUT2D eigenvalue weighted by molar-refractivity contribution is 7.99. The second kappa shape index (κ2) is 10.3. The van der Waals surface area contributed by atoms with Gasteiger partial charge in [-0.2, -0.15) is 0 Å². The number of anilines is 2. The van der Waals surface area contributed by atoms with Gasteiger partial charge in [0.05, 0.1) is 12.4 Å². The van der Waals surface area contributed by atoms with Crippen molar-refractivity contribution in [2.45, 2.75) is 12.1 Å². The van der Waals surface area contributed by atoms with Gasteiger partial charge in [0.1, 0.15) is 22.9 Å². The zero-order valence-corrected chi connectivity index (χ0v) is 17.0. The molecule has 1 amide bonds. The zero-order chi connectivity index (χ0) is 21.3. The largest absolute Gasteiger partial charge is 0.462 e. The Bertz CT molecular complexity index is 1010. The van der Waals surface area contributed by atoms with Gasteiger partial charge in [-0.15, -0.1) is 0 Å². The van der Waals surface area contributed by atoms with Crippen LogP contribution in [0.2, 0.25) is 0 Å². The SMILES string of the molecule is CCOC(=O)c1cnc(SCC(=O)Nc2ccc(Oc3ccccc3)cc2)nc1N. The van der Waals surface area contributed by atoms with E-state index < -0.39 is 5.97 Å². The molecule has 0 atom stereocenters. The molecule has 3 N–H and O–H groups in total. The second-order valence-electron chi connectivity index (χ2n) is 5.95. The lowest BCUT2D eigenvalue weighted by molar-refractivity contribution is -0.113. The summed E-state index contributed by atoms with van der Waals surface area (Å²) in [7, 11) is 0. The number of carbonyl (C=O) groups is 2. The molecule has 3 rings (SSSR count). The Morgan fingerprint density at radius 3 is 2.43 bits per heavy atom. The first-order chi connectivity index (χ1) is 14.5. The first kappa shape index (κ1) is 21.1. The number of ether oxygens (including phenoxy) is 2. The van der Waals surface area contributed by atoms with Gasteiger partial charge in [0.2, 0.25) is 5.91 Å². The molecule has 0 radical (unpaired) electrons. The number of rotatable bonds is 8. The monoisotopic (exact) mass is 424 g/mol. The smallest absolute Gasteiger partial charge is 0.343 e. The summed E-state index contributed by atoms with van der Waals surface area (Å²) in [5, 5.41) is 3.08. The third-order valence-electron chi connectivity index (χ3n) is 3.74. The van der Waals surface area contributed by atoms with Gasteiger partial charge in [-0.1, -0.05) is 30.0 Å². The summed E-state index contributed by atoms with van der Waals surface area (Å²) in [4.78, 5) is 32.0. The number of amides is 1. The number of esters is 1. The van der Waals surface area contributed by atoms with Crippen molar-refractivity contribution in [1.82, 2.24) is 9.97 Å². The van der Waals surface area contributed by atoms with Crippen LogP contribution in [0.15, 0.2) is 66.0 Å². The van der Waals surface area contributed by atoms with Crippen molar-refractivity contribution in [3.8, 4) is 11.5 Å². The Labute approximate surface area is 177 Å². The molecule has 0 aliphatic carbocycles. The zero-order valence-electron chi connectivity index (χ0n) is 16.2. The number of para-hydroxylation sites is 1. The normalized spacial score (nSPS) is 10.3. The van der Waals surface area contributed by atoms with Crippen LogP contribution < -0.4 is 15.8 Å². The number of hydrogen-bond donors (Lipinski definition) is 2. The van der Waals surface area contributed by atoms with Gasteiger partial charge in [0, 0.05) is 11.9 Å². The number of nitrogens with one attached hydrogen (secondary N) is 1. The minimum atomic E-state index is -0.580. The van der Waals surface area contributed by atoms with Gasteiger partial charge >= 0.3 is 5.97 Å². The molecule has 3 aromatic rings. The molecule has 1 heterocycles. The first-order valence-corrected chi connectivity index (χ1v) is 10.1. The van der Waals surface area contributed by atoms with Crippen LogP contribution >= 0.6 is 11.8 Å². The van der Waals surface area contributed by atoms with E-state index in [0.717, 1.165) is 17.5 Å². The topological polar surface area (TPSA) is 116 Å². The second-order valence-corrected chi connectivity index (χ2v) is 6.89. The number of benzene rings is 2. The third-order valence-corrected chi connectivity index (χ3v) is 4.60. The van der Waals surface area contributed by atoms with Gasteiger partial charge in [-0.3, -0.25) is 4.79 Å². The van der Waals surface area contributed by atoms with Crippen molar-refractivity contribution in [2.24, 2.45) is 0 Å². The Balaban J connectivity index is 1.51. The van der Waals surface area contributed by atoms with Crippen molar-refractivity contribution >= 4 is 35.1 Å². The summed E-state index contributed by atoms with van der Waals surface area (Å²) < 4.78 is 10.6. The number of nitrogens with two attached hydrogens (primary N) is 1. The van der Waals surface area contributed by atoms with E-state index in [1.165, 1.54) is 6.20 Å². The van der Waals surface area contributed by atoms with Gasteiger partial charge in [0.15, 0.2) is 5.16 Å². The number of aromatic nitrogens is 2. The van der Waals surface area contributed by atoms with Crippen LogP contribution in [0.3, 0.4) is 0 Å². The predicted molar refractivity (Wildman–Crippen MR) is 115 cm³/mol. The molecule has 0 aliphatic heterocycles. The first-order valence-electron chi connectivity index (χ1n) is 9.10. The summed E-state index contributed by atoms with van der Waals surface area (Å²) in [5.41, 5.74) is 6.51. The Morgan fingerprint density at radius 1 is 1.07 bits per heavy atom. The third kappa shape index (κ3) is 5.95. The lowest BCUT2D eigenvalue weighted by Gasteiger charge is -2.08. The van der Waals surface area contributed by atoms with E-state index in [9.17, 15) is 9.59 Å². The Hall–Kier alpha value is -3.59. The minimum Gasteiger partial charge on any atom is -0.462 e. The molecule has 9 heteroatoms. The van der Waals surface area contributed by atoms with E-state index in [1.54, 1.807) is 31.2 Å². The van der Waals surface area contributed by atoms with Crippen molar-refractivity contribution in [3.05, 3.63) is 66.4 Å². The summed E-state index contributed by atoms with van der Waals surface area (Å²) >= 11 is 1.11. The molecule has 0 bridgehead atoms. The van der Waals surface area contributed by atoms with E-state index in [1.807, 2.05) is 30.3 Å². The molecule has 0 fully saturated rings. The van der Waals surface area contributed by atoms with Crippen molar-refractivity contribution in [2.75, 3.05) is 23.4 Å². The van der Waals surface area contributed by atoms with E-state index in [4.69, 9.17) is 15.2 Å².